The first kappa shape index (κ1) is 23.6. The number of nitrogens with zero attached hydrogens (tertiary/aromatic N) is 1. The predicted molar refractivity (Wildman–Crippen MR) is 127 cm³/mol. The molecule has 8 heteroatoms. The van der Waals surface area contributed by atoms with E-state index >= 15 is 0 Å². The molecule has 2 aromatic carbocycles. The lowest BCUT2D eigenvalue weighted by Crippen LogP contribution is -2.51. The molecule has 2 N–H and O–H groups in total. The highest BCUT2D eigenvalue weighted by Gasteiger charge is 2.63. The average molecular weight is 472 g/mol. The monoisotopic (exact) mass is 472 g/mol. The van der Waals surface area contributed by atoms with Crippen LogP contribution in [0.1, 0.15) is 25.0 Å². The van der Waals surface area contributed by atoms with Crippen LogP contribution in [0.4, 0.5) is 5.69 Å². The summed E-state index contributed by atoms with van der Waals surface area (Å²) in [6.45, 7) is 3.00. The highest BCUT2D eigenvalue weighted by atomic mass is 16.5. The SMILES string of the molecule is C#CCN1C(=O)C2(C(C(=O)OCc3ccccc3)=C(C)OC(N)=C2C(=O)OCC)c2ccccc21. The van der Waals surface area contributed by atoms with Crippen molar-refractivity contribution in [3.8, 4) is 12.3 Å². The van der Waals surface area contributed by atoms with Crippen LogP contribution in [0.25, 0.3) is 0 Å². The van der Waals surface area contributed by atoms with Crippen LogP contribution >= 0.6 is 0 Å². The zero-order valence-corrected chi connectivity index (χ0v) is 19.4. The largest absolute Gasteiger partial charge is 0.462 e. The summed E-state index contributed by atoms with van der Waals surface area (Å²) in [6.07, 6.45) is 5.55. The molecule has 0 radical (unpaired) electrons. The van der Waals surface area contributed by atoms with Crippen molar-refractivity contribution in [2.45, 2.75) is 25.9 Å². The van der Waals surface area contributed by atoms with Crippen LogP contribution in [0.5, 0.6) is 0 Å². The molecule has 0 aromatic heterocycles. The molecular weight excluding hydrogens is 448 g/mol. The van der Waals surface area contributed by atoms with Gasteiger partial charge in [-0.25, -0.2) is 9.59 Å². The zero-order chi connectivity index (χ0) is 25.2. The summed E-state index contributed by atoms with van der Waals surface area (Å²) in [5.41, 5.74) is 5.36. The average Bonchev–Trinajstić information content (AvgIpc) is 3.07. The van der Waals surface area contributed by atoms with E-state index in [0.717, 1.165) is 5.56 Å². The van der Waals surface area contributed by atoms with Gasteiger partial charge >= 0.3 is 11.9 Å². The number of nitrogens with two attached hydrogens (primary N) is 1. The maximum atomic E-state index is 14.2. The molecule has 0 saturated heterocycles. The molecule has 2 heterocycles. The van der Waals surface area contributed by atoms with E-state index in [2.05, 4.69) is 5.92 Å². The molecule has 0 aliphatic carbocycles. The molecule has 2 aliphatic heterocycles. The molecule has 178 valence electrons. The third-order valence-corrected chi connectivity index (χ3v) is 5.92. The van der Waals surface area contributed by atoms with Crippen LogP contribution in [-0.2, 0) is 40.6 Å². The van der Waals surface area contributed by atoms with Crippen LogP contribution in [-0.4, -0.2) is 31.0 Å². The first-order valence-corrected chi connectivity index (χ1v) is 11.0. The maximum absolute atomic E-state index is 14.2. The molecule has 1 unspecified atom stereocenters. The van der Waals surface area contributed by atoms with E-state index in [1.165, 1.54) is 11.8 Å². The Hall–Kier alpha value is -4.51. The molecule has 0 bridgehead atoms. The highest BCUT2D eigenvalue weighted by molar-refractivity contribution is 6.22. The Morgan fingerprint density at radius 2 is 1.71 bits per heavy atom. The first-order valence-electron chi connectivity index (χ1n) is 11.0. The van der Waals surface area contributed by atoms with E-state index in [4.69, 9.17) is 26.4 Å². The molecule has 35 heavy (non-hydrogen) atoms. The van der Waals surface area contributed by atoms with Crippen LogP contribution < -0.4 is 10.6 Å². The van der Waals surface area contributed by atoms with Crippen LogP contribution in [0, 0.1) is 12.3 Å². The fourth-order valence-electron chi connectivity index (χ4n) is 4.57. The van der Waals surface area contributed by atoms with Gasteiger partial charge in [-0.15, -0.1) is 6.42 Å². The summed E-state index contributed by atoms with van der Waals surface area (Å²) in [6, 6.07) is 15.8. The van der Waals surface area contributed by atoms with E-state index in [-0.39, 0.29) is 42.5 Å². The summed E-state index contributed by atoms with van der Waals surface area (Å²) < 4.78 is 16.5. The Bertz CT molecular complexity index is 1300. The van der Waals surface area contributed by atoms with Gasteiger partial charge in [0, 0.05) is 11.3 Å². The first-order chi connectivity index (χ1) is 16.9. The summed E-state index contributed by atoms with van der Waals surface area (Å²) >= 11 is 0. The van der Waals surface area contributed by atoms with Gasteiger partial charge in [0.05, 0.1) is 13.2 Å². The minimum atomic E-state index is -1.94. The van der Waals surface area contributed by atoms with Gasteiger partial charge in [0.1, 0.15) is 28.9 Å². The number of amides is 1. The van der Waals surface area contributed by atoms with Crippen molar-refractivity contribution in [1.82, 2.24) is 0 Å². The van der Waals surface area contributed by atoms with Crippen molar-refractivity contribution < 1.29 is 28.6 Å². The second-order valence-corrected chi connectivity index (χ2v) is 7.92. The number of terminal acetylenes is 1. The number of carbonyl (C=O) groups is 3. The molecule has 4 rings (SSSR count). The number of benzene rings is 2. The lowest BCUT2D eigenvalue weighted by Gasteiger charge is -2.36. The van der Waals surface area contributed by atoms with Gasteiger partial charge in [-0.05, 0) is 25.5 Å². The number of rotatable bonds is 6. The minimum Gasteiger partial charge on any atom is -0.462 e. The highest BCUT2D eigenvalue weighted by Crippen LogP contribution is 2.54. The quantitative estimate of drug-likeness (QED) is 0.509. The smallest absolute Gasteiger partial charge is 0.341 e. The number of hydrogen-bond donors (Lipinski definition) is 1. The number of carbonyl (C=O) groups excluding carboxylic acids is 3. The Balaban J connectivity index is 1.93. The van der Waals surface area contributed by atoms with Gasteiger partial charge < -0.3 is 19.9 Å². The lowest BCUT2D eigenvalue weighted by atomic mass is 9.67. The fraction of sp³-hybridized carbons (Fsp3) is 0.222. The van der Waals surface area contributed by atoms with Crippen molar-refractivity contribution in [1.29, 1.82) is 0 Å². The van der Waals surface area contributed by atoms with Crippen molar-refractivity contribution in [3.63, 3.8) is 0 Å². The van der Waals surface area contributed by atoms with E-state index in [1.54, 1.807) is 43.3 Å². The molecule has 1 spiro atoms. The summed E-state index contributed by atoms with van der Waals surface area (Å²) in [5, 5.41) is 0. The molecule has 1 amide bonds. The normalized spacial score (nSPS) is 18.8. The number of hydrogen-bond acceptors (Lipinski definition) is 7. The molecule has 2 aliphatic rings. The van der Waals surface area contributed by atoms with Crippen molar-refractivity contribution in [2.75, 3.05) is 18.1 Å². The standard InChI is InChI=1S/C27H24N2O6/c1-4-15-29-20-14-10-9-13-19(20)27(26(29)32)21(24(30)34-16-18-11-7-6-8-12-18)17(3)35-23(28)22(27)25(31)33-5-2/h1,6-14H,5,15-16,28H2,2-3H3. The van der Waals surface area contributed by atoms with E-state index in [9.17, 15) is 14.4 Å². The molecule has 8 nitrogen and oxygen atoms in total. The van der Waals surface area contributed by atoms with Crippen LogP contribution in [0.3, 0.4) is 0 Å². The zero-order valence-electron chi connectivity index (χ0n) is 19.4. The number of esters is 2. The predicted octanol–water partition coefficient (Wildman–Crippen LogP) is 2.69. The Morgan fingerprint density at radius 1 is 1.06 bits per heavy atom. The second kappa shape index (κ2) is 9.39. The minimum absolute atomic E-state index is 0.0199. The van der Waals surface area contributed by atoms with Gasteiger partial charge in [-0.2, -0.15) is 0 Å². The van der Waals surface area contributed by atoms with Crippen molar-refractivity contribution >= 4 is 23.5 Å². The number of para-hydroxylation sites is 1. The third kappa shape index (κ3) is 3.71. The molecule has 0 fully saturated rings. The Morgan fingerprint density at radius 3 is 2.40 bits per heavy atom. The maximum Gasteiger partial charge on any atom is 0.341 e. The topological polar surface area (TPSA) is 108 Å². The van der Waals surface area contributed by atoms with E-state index < -0.39 is 23.3 Å². The summed E-state index contributed by atoms with van der Waals surface area (Å²) in [4.78, 5) is 42.3. The lowest BCUT2D eigenvalue weighted by molar-refractivity contribution is -0.144. The van der Waals surface area contributed by atoms with E-state index in [1.807, 2.05) is 18.2 Å². The third-order valence-electron chi connectivity index (χ3n) is 5.92. The number of ether oxygens (including phenoxy) is 3. The second-order valence-electron chi connectivity index (χ2n) is 7.92. The number of fused-ring (bicyclic) bond motifs is 2. The molecule has 2 aromatic rings. The number of anilines is 1. The Kier molecular flexibility index (Phi) is 6.34. The molecule has 1 atom stereocenters. The van der Waals surface area contributed by atoms with Gasteiger partial charge in [0.2, 0.25) is 11.8 Å². The van der Waals surface area contributed by atoms with Gasteiger partial charge in [0.15, 0.2) is 0 Å². The fourth-order valence-corrected chi connectivity index (χ4v) is 4.57. The van der Waals surface area contributed by atoms with Crippen LogP contribution in [0.15, 0.2) is 77.4 Å². The van der Waals surface area contributed by atoms with Crippen molar-refractivity contribution in [2.24, 2.45) is 5.73 Å². The summed E-state index contributed by atoms with van der Waals surface area (Å²) in [5.74, 6) is -0.143. The van der Waals surface area contributed by atoms with Crippen LogP contribution in [0.2, 0.25) is 0 Å². The van der Waals surface area contributed by atoms with Gasteiger partial charge in [0.25, 0.3) is 0 Å². The molecule has 0 saturated carbocycles. The van der Waals surface area contributed by atoms with E-state index in [0.29, 0.717) is 11.3 Å². The van der Waals surface area contributed by atoms with Crippen molar-refractivity contribution in [3.05, 3.63) is 88.5 Å². The Labute approximate surface area is 202 Å². The van der Waals surface area contributed by atoms with Gasteiger partial charge in [-0.1, -0.05) is 54.5 Å². The van der Waals surface area contributed by atoms with Gasteiger partial charge in [-0.3, -0.25) is 9.69 Å². The number of allylic oxidation sites excluding steroid dienone is 1. The summed E-state index contributed by atoms with van der Waals surface area (Å²) in [7, 11) is 0. The molecular formula is C27H24N2O6.